The number of carbonyl (C=O) groups is 2. The molecular weight excluding hydrogens is 316 g/mol. The summed E-state index contributed by atoms with van der Waals surface area (Å²) in [5.74, 6) is -0.797. The molecule has 3 N–H and O–H groups in total. The zero-order chi connectivity index (χ0) is 17.7. The van der Waals surface area contributed by atoms with Crippen molar-refractivity contribution >= 4 is 11.9 Å². The highest BCUT2D eigenvalue weighted by molar-refractivity contribution is 5.81. The standard InChI is InChI=1S/C16H20N2O6/c1-22-11-5-3-10(4-6-11)14(16(21)23-2)24-13(19)9-18-8-7-12(17)15(18)20/h3-8,12,14-15,20H,9,17H2,1-2H3. The van der Waals surface area contributed by atoms with E-state index < -0.39 is 30.3 Å². The number of esters is 2. The smallest absolute Gasteiger partial charge is 0.351 e. The lowest BCUT2D eigenvalue weighted by Gasteiger charge is -2.23. The summed E-state index contributed by atoms with van der Waals surface area (Å²) < 4.78 is 15.0. The van der Waals surface area contributed by atoms with Gasteiger partial charge >= 0.3 is 11.9 Å². The van der Waals surface area contributed by atoms with Crippen molar-refractivity contribution in [2.75, 3.05) is 20.8 Å². The molecule has 0 spiro atoms. The van der Waals surface area contributed by atoms with E-state index in [2.05, 4.69) is 4.74 Å². The SMILES string of the molecule is COC(=O)C(OC(=O)CN1C=CC(N)C1O)c1ccc(OC)cc1. The van der Waals surface area contributed by atoms with Gasteiger partial charge in [-0.2, -0.15) is 0 Å². The lowest BCUT2D eigenvalue weighted by Crippen LogP contribution is -2.42. The van der Waals surface area contributed by atoms with Crippen LogP contribution in [-0.2, 0) is 19.1 Å². The number of aliphatic hydroxyl groups is 1. The van der Waals surface area contributed by atoms with Crippen molar-refractivity contribution in [1.29, 1.82) is 0 Å². The second-order valence-corrected chi connectivity index (χ2v) is 5.17. The summed E-state index contributed by atoms with van der Waals surface area (Å²) in [6.45, 7) is -0.241. The van der Waals surface area contributed by atoms with E-state index in [1.807, 2.05) is 0 Å². The Balaban J connectivity index is 2.06. The Morgan fingerprint density at radius 1 is 1.29 bits per heavy atom. The van der Waals surface area contributed by atoms with Crippen LogP contribution in [0.1, 0.15) is 11.7 Å². The highest BCUT2D eigenvalue weighted by atomic mass is 16.6. The minimum absolute atomic E-state index is 0.241. The molecule has 0 radical (unpaired) electrons. The zero-order valence-corrected chi connectivity index (χ0v) is 13.4. The molecule has 0 saturated heterocycles. The molecule has 1 aliphatic rings. The number of aliphatic hydroxyl groups excluding tert-OH is 1. The van der Waals surface area contributed by atoms with Crippen molar-refractivity contribution < 1.29 is 28.9 Å². The monoisotopic (exact) mass is 336 g/mol. The molecule has 0 aliphatic carbocycles. The van der Waals surface area contributed by atoms with Crippen LogP contribution < -0.4 is 10.5 Å². The molecule has 0 bridgehead atoms. The topological polar surface area (TPSA) is 111 Å². The summed E-state index contributed by atoms with van der Waals surface area (Å²) in [6.07, 6.45) is 0.872. The van der Waals surface area contributed by atoms with Gasteiger partial charge in [-0.3, -0.25) is 4.79 Å². The van der Waals surface area contributed by atoms with Crippen LogP contribution in [0.2, 0.25) is 0 Å². The molecule has 8 nitrogen and oxygen atoms in total. The number of methoxy groups -OCH3 is 2. The van der Waals surface area contributed by atoms with Crippen LogP contribution in [0.15, 0.2) is 36.5 Å². The Labute approximate surface area is 139 Å². The van der Waals surface area contributed by atoms with E-state index in [0.29, 0.717) is 11.3 Å². The normalized spacial score (nSPS) is 20.6. The maximum Gasteiger partial charge on any atom is 0.351 e. The van der Waals surface area contributed by atoms with Crippen LogP contribution in [0, 0.1) is 0 Å². The number of carbonyl (C=O) groups excluding carboxylic acids is 2. The molecule has 0 aromatic heterocycles. The first-order valence-electron chi connectivity index (χ1n) is 7.25. The molecular formula is C16H20N2O6. The van der Waals surface area contributed by atoms with Crippen molar-refractivity contribution in [2.24, 2.45) is 5.73 Å². The van der Waals surface area contributed by atoms with E-state index in [0.717, 1.165) is 0 Å². The quantitative estimate of drug-likeness (QED) is 0.694. The summed E-state index contributed by atoms with van der Waals surface area (Å²) in [5.41, 5.74) is 6.07. The number of rotatable bonds is 6. The number of hydrogen-bond acceptors (Lipinski definition) is 8. The van der Waals surface area contributed by atoms with E-state index in [4.69, 9.17) is 15.2 Å². The van der Waals surface area contributed by atoms with Gasteiger partial charge in [-0.05, 0) is 24.4 Å². The van der Waals surface area contributed by atoms with Gasteiger partial charge in [0.15, 0.2) is 0 Å². The number of nitrogens with two attached hydrogens (primary N) is 1. The maximum absolute atomic E-state index is 12.1. The fourth-order valence-corrected chi connectivity index (χ4v) is 2.22. The fraction of sp³-hybridized carbons (Fsp3) is 0.375. The summed E-state index contributed by atoms with van der Waals surface area (Å²) >= 11 is 0. The molecule has 130 valence electrons. The van der Waals surface area contributed by atoms with E-state index >= 15 is 0 Å². The van der Waals surface area contributed by atoms with Gasteiger partial charge in [-0.25, -0.2) is 4.79 Å². The van der Waals surface area contributed by atoms with Crippen LogP contribution in [0.4, 0.5) is 0 Å². The molecule has 0 fully saturated rings. The third-order valence-corrected chi connectivity index (χ3v) is 3.58. The zero-order valence-electron chi connectivity index (χ0n) is 13.4. The minimum Gasteiger partial charge on any atom is -0.497 e. The molecule has 1 heterocycles. The molecule has 3 atom stereocenters. The molecule has 0 amide bonds. The Morgan fingerprint density at radius 3 is 2.46 bits per heavy atom. The lowest BCUT2D eigenvalue weighted by molar-refractivity contribution is -0.168. The summed E-state index contributed by atoms with van der Waals surface area (Å²) in [7, 11) is 2.73. The van der Waals surface area contributed by atoms with Gasteiger partial charge in [0.25, 0.3) is 0 Å². The average Bonchev–Trinajstić information content (AvgIpc) is 2.91. The Bertz CT molecular complexity index is 615. The maximum atomic E-state index is 12.1. The molecule has 1 aromatic carbocycles. The van der Waals surface area contributed by atoms with Crippen LogP contribution in [0.3, 0.4) is 0 Å². The highest BCUT2D eigenvalue weighted by Crippen LogP contribution is 2.23. The van der Waals surface area contributed by atoms with Gasteiger partial charge in [0.2, 0.25) is 6.10 Å². The third-order valence-electron chi connectivity index (χ3n) is 3.58. The van der Waals surface area contributed by atoms with Gasteiger partial charge in [-0.15, -0.1) is 0 Å². The first-order chi connectivity index (χ1) is 11.5. The van der Waals surface area contributed by atoms with Gasteiger partial charge in [0.05, 0.1) is 20.3 Å². The van der Waals surface area contributed by atoms with Crippen LogP contribution in [0.5, 0.6) is 5.75 Å². The first-order valence-corrected chi connectivity index (χ1v) is 7.25. The van der Waals surface area contributed by atoms with Crippen LogP contribution >= 0.6 is 0 Å². The summed E-state index contributed by atoms with van der Waals surface area (Å²) in [4.78, 5) is 25.4. The predicted octanol–water partition coefficient (Wildman–Crippen LogP) is -0.0725. The third kappa shape index (κ3) is 4.03. The van der Waals surface area contributed by atoms with E-state index in [-0.39, 0.29) is 6.54 Å². The number of hydrogen-bond donors (Lipinski definition) is 2. The first kappa shape index (κ1) is 17.8. The van der Waals surface area contributed by atoms with Gasteiger partial charge in [0, 0.05) is 5.56 Å². The largest absolute Gasteiger partial charge is 0.497 e. The number of benzene rings is 1. The van der Waals surface area contributed by atoms with Crippen molar-refractivity contribution in [3.05, 3.63) is 42.1 Å². The van der Waals surface area contributed by atoms with E-state index in [1.165, 1.54) is 25.3 Å². The highest BCUT2D eigenvalue weighted by Gasteiger charge is 2.30. The molecule has 1 aliphatic heterocycles. The Hall–Kier alpha value is -2.58. The van der Waals surface area contributed by atoms with Crippen LogP contribution in [-0.4, -0.2) is 55.0 Å². The van der Waals surface area contributed by atoms with Crippen molar-refractivity contribution in [3.8, 4) is 5.75 Å². The molecule has 8 heteroatoms. The number of nitrogens with zero attached hydrogens (tertiary/aromatic N) is 1. The second kappa shape index (κ2) is 7.80. The van der Waals surface area contributed by atoms with Crippen molar-refractivity contribution in [3.63, 3.8) is 0 Å². The van der Waals surface area contributed by atoms with Gasteiger partial charge in [-0.1, -0.05) is 12.1 Å². The minimum atomic E-state index is -1.20. The fourth-order valence-electron chi connectivity index (χ4n) is 2.22. The Kier molecular flexibility index (Phi) is 5.78. The summed E-state index contributed by atoms with van der Waals surface area (Å²) in [6, 6.07) is 5.93. The average molecular weight is 336 g/mol. The number of ether oxygens (including phenoxy) is 3. The van der Waals surface area contributed by atoms with Gasteiger partial charge in [0.1, 0.15) is 18.5 Å². The van der Waals surface area contributed by atoms with E-state index in [9.17, 15) is 14.7 Å². The second-order valence-electron chi connectivity index (χ2n) is 5.17. The molecule has 24 heavy (non-hydrogen) atoms. The van der Waals surface area contributed by atoms with Crippen molar-refractivity contribution in [2.45, 2.75) is 18.4 Å². The summed E-state index contributed by atoms with van der Waals surface area (Å²) in [5, 5.41) is 9.80. The molecule has 0 saturated carbocycles. The Morgan fingerprint density at radius 2 is 1.96 bits per heavy atom. The van der Waals surface area contributed by atoms with Gasteiger partial charge < -0.3 is 30.0 Å². The lowest BCUT2D eigenvalue weighted by atomic mass is 10.1. The van der Waals surface area contributed by atoms with E-state index in [1.54, 1.807) is 30.3 Å². The predicted molar refractivity (Wildman–Crippen MR) is 83.7 cm³/mol. The molecule has 3 unspecified atom stereocenters. The van der Waals surface area contributed by atoms with Crippen LogP contribution in [0.25, 0.3) is 0 Å². The molecule has 2 rings (SSSR count). The van der Waals surface area contributed by atoms with Crippen molar-refractivity contribution in [1.82, 2.24) is 4.90 Å². The molecule has 1 aromatic rings.